The van der Waals surface area contributed by atoms with E-state index in [2.05, 4.69) is 15.3 Å². The molecule has 0 spiro atoms. The zero-order valence-electron chi connectivity index (χ0n) is 10.9. The monoisotopic (exact) mass is 250 g/mol. The summed E-state index contributed by atoms with van der Waals surface area (Å²) in [6.45, 7) is 3.27. The lowest BCUT2D eigenvalue weighted by Gasteiger charge is -2.31. The zero-order chi connectivity index (χ0) is 12.8. The smallest absolute Gasteiger partial charge is 0.234 e. The van der Waals surface area contributed by atoms with Crippen molar-refractivity contribution in [2.45, 2.75) is 38.6 Å². The molecular weight excluding hydrogens is 228 g/mol. The number of aromatic nitrogens is 2. The molecule has 1 aliphatic rings. The molecule has 1 aromatic rings. The second kappa shape index (κ2) is 6.54. The van der Waals surface area contributed by atoms with Crippen LogP contribution in [-0.2, 0) is 0 Å². The molecule has 5 nitrogen and oxygen atoms in total. The Bertz CT molecular complexity index is 372. The minimum absolute atomic E-state index is 0.412. The van der Waals surface area contributed by atoms with Crippen LogP contribution in [0.5, 0.6) is 5.88 Å². The van der Waals surface area contributed by atoms with Crippen LogP contribution in [0.3, 0.4) is 0 Å². The van der Waals surface area contributed by atoms with Gasteiger partial charge in [0.2, 0.25) is 5.88 Å². The molecular formula is C13H22N4O. The Kier molecular flexibility index (Phi) is 4.75. The van der Waals surface area contributed by atoms with Crippen molar-refractivity contribution in [3.05, 3.63) is 12.4 Å². The topological polar surface area (TPSA) is 73.1 Å². The van der Waals surface area contributed by atoms with Crippen molar-refractivity contribution in [1.29, 1.82) is 0 Å². The van der Waals surface area contributed by atoms with Crippen molar-refractivity contribution < 1.29 is 4.74 Å². The molecule has 3 N–H and O–H groups in total. The molecule has 0 aromatic carbocycles. The predicted octanol–water partition coefficient (Wildman–Crippen LogP) is 1.80. The van der Waals surface area contributed by atoms with E-state index in [1.165, 1.54) is 19.3 Å². The number of nitrogens with zero attached hydrogens (tertiary/aromatic N) is 2. The second-order valence-electron chi connectivity index (χ2n) is 4.71. The number of hydrogen-bond donors (Lipinski definition) is 2. The van der Waals surface area contributed by atoms with Crippen molar-refractivity contribution in [3.8, 4) is 5.88 Å². The van der Waals surface area contributed by atoms with E-state index in [0.717, 1.165) is 18.8 Å². The van der Waals surface area contributed by atoms with Gasteiger partial charge >= 0.3 is 0 Å². The maximum Gasteiger partial charge on any atom is 0.234 e. The van der Waals surface area contributed by atoms with Crippen molar-refractivity contribution in [3.63, 3.8) is 0 Å². The molecule has 5 heteroatoms. The highest BCUT2D eigenvalue weighted by Gasteiger charge is 2.24. The summed E-state index contributed by atoms with van der Waals surface area (Å²) < 4.78 is 5.35. The first-order valence-electron chi connectivity index (χ1n) is 6.75. The lowest BCUT2D eigenvalue weighted by Crippen LogP contribution is -2.37. The number of ether oxygens (including phenoxy) is 1. The van der Waals surface area contributed by atoms with Gasteiger partial charge in [-0.2, -0.15) is 4.98 Å². The van der Waals surface area contributed by atoms with E-state index in [0.29, 0.717) is 24.4 Å². The molecule has 0 radical (unpaired) electrons. The minimum atomic E-state index is 0.412. The Labute approximate surface area is 108 Å². The molecule has 0 bridgehead atoms. The maximum absolute atomic E-state index is 5.82. The van der Waals surface area contributed by atoms with E-state index >= 15 is 0 Å². The molecule has 0 amide bonds. The second-order valence-corrected chi connectivity index (χ2v) is 4.71. The van der Waals surface area contributed by atoms with Gasteiger partial charge in [-0.25, -0.2) is 0 Å². The van der Waals surface area contributed by atoms with Gasteiger partial charge < -0.3 is 15.8 Å². The van der Waals surface area contributed by atoms with Gasteiger partial charge in [0.25, 0.3) is 0 Å². The third kappa shape index (κ3) is 3.32. The average molecular weight is 250 g/mol. The highest BCUT2D eigenvalue weighted by molar-refractivity contribution is 5.35. The van der Waals surface area contributed by atoms with Crippen LogP contribution in [0.25, 0.3) is 0 Å². The van der Waals surface area contributed by atoms with Gasteiger partial charge in [-0.3, -0.25) is 4.98 Å². The Morgan fingerprint density at radius 1 is 1.39 bits per heavy atom. The molecule has 1 fully saturated rings. The number of rotatable bonds is 5. The lowest BCUT2D eigenvalue weighted by molar-refractivity contribution is 0.322. The molecule has 0 saturated heterocycles. The van der Waals surface area contributed by atoms with Crippen LogP contribution in [0, 0.1) is 5.92 Å². The number of anilines is 1. The van der Waals surface area contributed by atoms with Crippen molar-refractivity contribution >= 4 is 5.82 Å². The summed E-state index contributed by atoms with van der Waals surface area (Å²) in [5, 5.41) is 3.45. The summed E-state index contributed by atoms with van der Waals surface area (Å²) in [5.41, 5.74) is 5.82. The first-order chi connectivity index (χ1) is 8.83. The summed E-state index contributed by atoms with van der Waals surface area (Å²) in [6.07, 6.45) is 8.27. The van der Waals surface area contributed by atoms with Crippen LogP contribution < -0.4 is 15.8 Å². The van der Waals surface area contributed by atoms with E-state index in [1.807, 2.05) is 6.92 Å². The van der Waals surface area contributed by atoms with Crippen LogP contribution in [0.4, 0.5) is 5.82 Å². The number of nitrogens with one attached hydrogen (secondary N) is 1. The molecule has 2 rings (SSSR count). The summed E-state index contributed by atoms with van der Waals surface area (Å²) in [5.74, 6) is 1.89. The Morgan fingerprint density at radius 2 is 2.22 bits per heavy atom. The molecule has 0 aliphatic heterocycles. The molecule has 18 heavy (non-hydrogen) atoms. The average Bonchev–Trinajstić information content (AvgIpc) is 2.40. The molecule has 1 aromatic heterocycles. The summed E-state index contributed by atoms with van der Waals surface area (Å²) in [7, 11) is 0. The first kappa shape index (κ1) is 13.1. The van der Waals surface area contributed by atoms with Gasteiger partial charge in [-0.15, -0.1) is 0 Å². The van der Waals surface area contributed by atoms with Gasteiger partial charge in [0.15, 0.2) is 0 Å². The van der Waals surface area contributed by atoms with E-state index in [9.17, 15) is 0 Å². The molecule has 1 heterocycles. The van der Waals surface area contributed by atoms with Crippen molar-refractivity contribution in [2.24, 2.45) is 11.7 Å². The minimum Gasteiger partial charge on any atom is -0.477 e. The van der Waals surface area contributed by atoms with Gasteiger partial charge in [-0.1, -0.05) is 12.8 Å². The van der Waals surface area contributed by atoms with Gasteiger partial charge in [0.1, 0.15) is 5.82 Å². The van der Waals surface area contributed by atoms with Crippen LogP contribution in [0.1, 0.15) is 32.6 Å². The van der Waals surface area contributed by atoms with Crippen molar-refractivity contribution in [1.82, 2.24) is 9.97 Å². The van der Waals surface area contributed by atoms with Crippen LogP contribution in [0.15, 0.2) is 12.4 Å². The SMILES string of the molecule is CCOc1cncc(NC2CCCCC2CN)n1. The third-order valence-electron chi connectivity index (χ3n) is 3.45. The highest BCUT2D eigenvalue weighted by atomic mass is 16.5. The van der Waals surface area contributed by atoms with Gasteiger partial charge in [0.05, 0.1) is 19.0 Å². The fourth-order valence-electron chi connectivity index (χ4n) is 2.50. The Hall–Kier alpha value is -1.36. The quantitative estimate of drug-likeness (QED) is 0.833. The normalized spacial score (nSPS) is 23.7. The Morgan fingerprint density at radius 3 is 3.00 bits per heavy atom. The van der Waals surface area contributed by atoms with Crippen LogP contribution in [-0.4, -0.2) is 29.2 Å². The van der Waals surface area contributed by atoms with Gasteiger partial charge in [-0.05, 0) is 32.2 Å². The molecule has 100 valence electrons. The van der Waals surface area contributed by atoms with Crippen LogP contribution >= 0.6 is 0 Å². The fraction of sp³-hybridized carbons (Fsp3) is 0.692. The van der Waals surface area contributed by atoms with E-state index in [1.54, 1.807) is 12.4 Å². The molecule has 1 aliphatic carbocycles. The molecule has 1 saturated carbocycles. The highest BCUT2D eigenvalue weighted by Crippen LogP contribution is 2.26. The van der Waals surface area contributed by atoms with Crippen molar-refractivity contribution in [2.75, 3.05) is 18.5 Å². The van der Waals surface area contributed by atoms with E-state index < -0.39 is 0 Å². The lowest BCUT2D eigenvalue weighted by atomic mass is 9.84. The zero-order valence-corrected chi connectivity index (χ0v) is 10.9. The number of nitrogens with two attached hydrogens (primary N) is 1. The van der Waals surface area contributed by atoms with Crippen LogP contribution in [0.2, 0.25) is 0 Å². The first-order valence-corrected chi connectivity index (χ1v) is 6.75. The summed E-state index contributed by atoms with van der Waals surface area (Å²) in [6, 6.07) is 0.412. The third-order valence-corrected chi connectivity index (χ3v) is 3.45. The summed E-state index contributed by atoms with van der Waals surface area (Å²) >= 11 is 0. The largest absolute Gasteiger partial charge is 0.477 e. The summed E-state index contributed by atoms with van der Waals surface area (Å²) in [4.78, 5) is 8.53. The predicted molar refractivity (Wildman–Crippen MR) is 71.6 cm³/mol. The molecule has 2 atom stereocenters. The Balaban J connectivity index is 2.00. The van der Waals surface area contributed by atoms with E-state index in [4.69, 9.17) is 10.5 Å². The standard InChI is InChI=1S/C13H22N4O/c1-2-18-13-9-15-8-12(17-13)16-11-6-4-3-5-10(11)7-14/h8-11H,2-7,14H2,1H3,(H,16,17). The maximum atomic E-state index is 5.82. The van der Waals surface area contributed by atoms with Gasteiger partial charge in [0, 0.05) is 6.04 Å². The van der Waals surface area contributed by atoms with E-state index in [-0.39, 0.29) is 0 Å². The number of hydrogen-bond acceptors (Lipinski definition) is 5. The fourth-order valence-corrected chi connectivity index (χ4v) is 2.50. The molecule has 2 unspecified atom stereocenters.